The van der Waals surface area contributed by atoms with Crippen LogP contribution >= 0.6 is 0 Å². The highest BCUT2D eigenvalue weighted by molar-refractivity contribution is 5.79. The first-order valence-corrected chi connectivity index (χ1v) is 9.16. The summed E-state index contributed by atoms with van der Waals surface area (Å²) >= 11 is 0. The molecule has 2 atom stereocenters. The second-order valence-electron chi connectivity index (χ2n) is 6.71. The Bertz CT molecular complexity index is 552. The van der Waals surface area contributed by atoms with Gasteiger partial charge in [-0.2, -0.15) is 0 Å². The summed E-state index contributed by atoms with van der Waals surface area (Å²) < 4.78 is 19.1. The number of halogens is 1. The summed E-state index contributed by atoms with van der Waals surface area (Å²) in [5.41, 5.74) is 0. The van der Waals surface area contributed by atoms with Gasteiger partial charge >= 0.3 is 0 Å². The van der Waals surface area contributed by atoms with Gasteiger partial charge in [-0.05, 0) is 50.9 Å². The SMILES string of the molecule is CCC(CNC(=NC)NCC1CCCN(C)C1)Oc1cccc(F)c1. The fraction of sp³-hybridized carbons (Fsp3) is 0.632. The molecule has 0 aliphatic carbocycles. The fourth-order valence-corrected chi connectivity index (χ4v) is 3.11. The Morgan fingerprint density at radius 2 is 2.28 bits per heavy atom. The van der Waals surface area contributed by atoms with Crippen LogP contribution in [0.3, 0.4) is 0 Å². The number of hydrogen-bond donors (Lipinski definition) is 2. The maximum absolute atomic E-state index is 13.3. The summed E-state index contributed by atoms with van der Waals surface area (Å²) in [4.78, 5) is 6.67. The number of likely N-dealkylation sites (tertiary alicyclic amines) is 1. The fourth-order valence-electron chi connectivity index (χ4n) is 3.11. The zero-order valence-electron chi connectivity index (χ0n) is 15.6. The lowest BCUT2D eigenvalue weighted by molar-refractivity contribution is 0.198. The molecule has 1 aromatic carbocycles. The van der Waals surface area contributed by atoms with Crippen molar-refractivity contribution >= 4 is 5.96 Å². The molecule has 0 radical (unpaired) electrons. The molecule has 1 aliphatic heterocycles. The van der Waals surface area contributed by atoms with Gasteiger partial charge in [-0.3, -0.25) is 4.99 Å². The Hall–Kier alpha value is -1.82. The lowest BCUT2D eigenvalue weighted by Crippen LogP contribution is -2.46. The van der Waals surface area contributed by atoms with Gasteiger partial charge in [0.1, 0.15) is 17.7 Å². The van der Waals surface area contributed by atoms with Gasteiger partial charge in [0.05, 0.1) is 6.54 Å². The van der Waals surface area contributed by atoms with Gasteiger partial charge in [0.25, 0.3) is 0 Å². The highest BCUT2D eigenvalue weighted by Crippen LogP contribution is 2.15. The number of guanidine groups is 1. The highest BCUT2D eigenvalue weighted by Gasteiger charge is 2.17. The lowest BCUT2D eigenvalue weighted by atomic mass is 9.99. The van der Waals surface area contributed by atoms with Crippen molar-refractivity contribution in [1.29, 1.82) is 0 Å². The van der Waals surface area contributed by atoms with Gasteiger partial charge < -0.3 is 20.3 Å². The zero-order chi connectivity index (χ0) is 18.1. The first kappa shape index (κ1) is 19.5. The van der Waals surface area contributed by atoms with E-state index < -0.39 is 0 Å². The predicted molar refractivity (Wildman–Crippen MR) is 101 cm³/mol. The van der Waals surface area contributed by atoms with Crippen molar-refractivity contribution < 1.29 is 9.13 Å². The summed E-state index contributed by atoms with van der Waals surface area (Å²) in [5.74, 6) is 1.72. The van der Waals surface area contributed by atoms with Crippen LogP contribution in [0.2, 0.25) is 0 Å². The second kappa shape index (κ2) is 10.2. The van der Waals surface area contributed by atoms with Gasteiger partial charge in [0.15, 0.2) is 5.96 Å². The van der Waals surface area contributed by atoms with Crippen LogP contribution < -0.4 is 15.4 Å². The molecular weight excluding hydrogens is 319 g/mol. The minimum atomic E-state index is -0.282. The van der Waals surface area contributed by atoms with E-state index in [9.17, 15) is 4.39 Å². The van der Waals surface area contributed by atoms with Gasteiger partial charge in [-0.15, -0.1) is 0 Å². The molecule has 2 unspecified atom stereocenters. The number of benzene rings is 1. The van der Waals surface area contributed by atoms with E-state index in [1.54, 1.807) is 19.2 Å². The Balaban J connectivity index is 1.76. The van der Waals surface area contributed by atoms with Crippen molar-refractivity contribution in [2.75, 3.05) is 40.3 Å². The molecule has 2 N–H and O–H groups in total. The Morgan fingerprint density at radius 1 is 1.44 bits per heavy atom. The normalized spacial score (nSPS) is 20.2. The third kappa shape index (κ3) is 6.90. The maximum Gasteiger partial charge on any atom is 0.191 e. The maximum atomic E-state index is 13.3. The van der Waals surface area contributed by atoms with E-state index in [1.165, 1.54) is 31.5 Å². The molecule has 1 heterocycles. The van der Waals surface area contributed by atoms with Gasteiger partial charge in [0.2, 0.25) is 0 Å². The minimum Gasteiger partial charge on any atom is -0.489 e. The summed E-state index contributed by atoms with van der Waals surface area (Å²) in [7, 11) is 3.95. The molecule has 140 valence electrons. The smallest absolute Gasteiger partial charge is 0.191 e. The molecule has 6 heteroatoms. The number of rotatable bonds is 7. The monoisotopic (exact) mass is 350 g/mol. The van der Waals surface area contributed by atoms with Crippen molar-refractivity contribution in [3.8, 4) is 5.75 Å². The summed E-state index contributed by atoms with van der Waals surface area (Å²) in [6.45, 7) is 5.92. The van der Waals surface area contributed by atoms with Crippen LogP contribution in [0.25, 0.3) is 0 Å². The molecule has 1 fully saturated rings. The van der Waals surface area contributed by atoms with E-state index >= 15 is 0 Å². The van der Waals surface area contributed by atoms with E-state index in [0.717, 1.165) is 25.5 Å². The second-order valence-corrected chi connectivity index (χ2v) is 6.71. The summed E-state index contributed by atoms with van der Waals surface area (Å²) in [5, 5.41) is 6.72. The lowest BCUT2D eigenvalue weighted by Gasteiger charge is -2.30. The minimum absolute atomic E-state index is 0.0406. The van der Waals surface area contributed by atoms with Gasteiger partial charge in [-0.1, -0.05) is 13.0 Å². The first-order valence-electron chi connectivity index (χ1n) is 9.16. The van der Waals surface area contributed by atoms with E-state index in [1.807, 2.05) is 0 Å². The Kier molecular flexibility index (Phi) is 7.98. The average molecular weight is 350 g/mol. The van der Waals surface area contributed by atoms with Crippen LogP contribution in [0.15, 0.2) is 29.3 Å². The van der Waals surface area contributed by atoms with Crippen molar-refractivity contribution in [3.63, 3.8) is 0 Å². The quantitative estimate of drug-likeness (QED) is 0.586. The van der Waals surface area contributed by atoms with Crippen molar-refractivity contribution in [2.24, 2.45) is 10.9 Å². The first-order chi connectivity index (χ1) is 12.1. The molecule has 2 rings (SSSR count). The number of aliphatic imine (C=N–C) groups is 1. The average Bonchev–Trinajstić information content (AvgIpc) is 2.61. The third-order valence-corrected chi connectivity index (χ3v) is 4.56. The van der Waals surface area contributed by atoms with E-state index in [0.29, 0.717) is 18.2 Å². The van der Waals surface area contributed by atoms with Gasteiger partial charge in [-0.25, -0.2) is 4.39 Å². The molecule has 0 saturated carbocycles. The van der Waals surface area contributed by atoms with Crippen molar-refractivity contribution in [2.45, 2.75) is 32.3 Å². The molecule has 1 saturated heterocycles. The summed E-state index contributed by atoms with van der Waals surface area (Å²) in [6, 6.07) is 6.26. The van der Waals surface area contributed by atoms with E-state index in [2.05, 4.69) is 34.5 Å². The number of hydrogen-bond acceptors (Lipinski definition) is 3. The molecule has 5 nitrogen and oxygen atoms in total. The van der Waals surface area contributed by atoms with Gasteiger partial charge in [0, 0.05) is 26.2 Å². The summed E-state index contributed by atoms with van der Waals surface area (Å²) in [6.07, 6.45) is 3.30. The van der Waals surface area contributed by atoms with Crippen LogP contribution in [0.1, 0.15) is 26.2 Å². The molecule has 1 aliphatic rings. The van der Waals surface area contributed by atoms with Crippen LogP contribution in [0, 0.1) is 11.7 Å². The van der Waals surface area contributed by atoms with Crippen LogP contribution in [-0.4, -0.2) is 57.2 Å². The standard InChI is InChI=1S/C19H31FN4O/c1-4-17(25-18-9-5-8-16(20)11-18)13-23-19(21-2)22-12-15-7-6-10-24(3)14-15/h5,8-9,11,15,17H,4,6-7,10,12-14H2,1-3H3,(H2,21,22,23). The van der Waals surface area contributed by atoms with Crippen molar-refractivity contribution in [1.82, 2.24) is 15.5 Å². The van der Waals surface area contributed by atoms with Crippen LogP contribution in [0.5, 0.6) is 5.75 Å². The molecule has 0 spiro atoms. The molecule has 0 bridgehead atoms. The Morgan fingerprint density at radius 3 is 2.96 bits per heavy atom. The van der Waals surface area contributed by atoms with Crippen LogP contribution in [0.4, 0.5) is 4.39 Å². The number of nitrogens with zero attached hydrogens (tertiary/aromatic N) is 2. The van der Waals surface area contributed by atoms with Crippen molar-refractivity contribution in [3.05, 3.63) is 30.1 Å². The van der Waals surface area contributed by atoms with E-state index in [4.69, 9.17) is 4.74 Å². The highest BCUT2D eigenvalue weighted by atomic mass is 19.1. The molecule has 0 amide bonds. The molecular formula is C19H31FN4O. The Labute approximate surface area is 150 Å². The van der Waals surface area contributed by atoms with E-state index in [-0.39, 0.29) is 11.9 Å². The molecule has 25 heavy (non-hydrogen) atoms. The third-order valence-electron chi connectivity index (χ3n) is 4.56. The van der Waals surface area contributed by atoms with Crippen LogP contribution in [-0.2, 0) is 0 Å². The molecule has 1 aromatic rings. The predicted octanol–water partition coefficient (Wildman–Crippen LogP) is 2.49. The molecule has 0 aromatic heterocycles. The number of nitrogens with one attached hydrogen (secondary N) is 2. The largest absolute Gasteiger partial charge is 0.489 e. The topological polar surface area (TPSA) is 48.9 Å². The number of ether oxygens (including phenoxy) is 1. The zero-order valence-corrected chi connectivity index (χ0v) is 15.6. The number of piperidine rings is 1.